The molecule has 124 valence electrons. The van der Waals surface area contributed by atoms with E-state index in [0.29, 0.717) is 12.1 Å². The van der Waals surface area contributed by atoms with E-state index in [0.717, 1.165) is 24.2 Å². The minimum Gasteiger partial charge on any atom is -0.363 e. The number of para-hydroxylation sites is 1. The van der Waals surface area contributed by atoms with Gasteiger partial charge in [-0.3, -0.25) is 4.79 Å². The maximum Gasteiger partial charge on any atom is 0.251 e. The zero-order valence-electron chi connectivity index (χ0n) is 14.0. The Kier molecular flexibility index (Phi) is 4.79. The molecule has 1 amide bonds. The average molecular weight is 322 g/mol. The zero-order chi connectivity index (χ0) is 16.9. The molecule has 5 nitrogen and oxygen atoms in total. The summed E-state index contributed by atoms with van der Waals surface area (Å²) in [5.41, 5.74) is 3.09. The van der Waals surface area contributed by atoms with Crippen LogP contribution in [0.15, 0.2) is 48.8 Å². The van der Waals surface area contributed by atoms with Crippen LogP contribution in [-0.4, -0.2) is 36.5 Å². The number of nitrogens with zero attached hydrogens (tertiary/aromatic N) is 2. The van der Waals surface area contributed by atoms with Crippen LogP contribution in [0.1, 0.15) is 22.3 Å². The molecule has 0 unspecified atom stereocenters. The van der Waals surface area contributed by atoms with Crippen LogP contribution in [0.4, 0.5) is 5.82 Å². The van der Waals surface area contributed by atoms with Gasteiger partial charge in [-0.1, -0.05) is 18.2 Å². The number of hydrogen-bond acceptors (Lipinski definition) is 3. The highest BCUT2D eigenvalue weighted by atomic mass is 16.1. The van der Waals surface area contributed by atoms with Crippen LogP contribution < -0.4 is 10.2 Å². The summed E-state index contributed by atoms with van der Waals surface area (Å²) in [6, 6.07) is 11.8. The minimum atomic E-state index is -0.0561. The fraction of sp³-hybridized carbons (Fsp3) is 0.263. The third-order valence-electron chi connectivity index (χ3n) is 4.05. The van der Waals surface area contributed by atoms with Gasteiger partial charge in [-0.25, -0.2) is 4.98 Å². The second-order valence-electron chi connectivity index (χ2n) is 6.02. The van der Waals surface area contributed by atoms with Gasteiger partial charge >= 0.3 is 0 Å². The number of carbonyl (C=O) groups excluding carboxylic acids is 1. The Balaban J connectivity index is 1.53. The number of carbonyl (C=O) groups is 1. The van der Waals surface area contributed by atoms with Gasteiger partial charge in [0, 0.05) is 49.5 Å². The number of aromatic amines is 1. The van der Waals surface area contributed by atoms with Gasteiger partial charge in [0.05, 0.1) is 0 Å². The molecule has 24 heavy (non-hydrogen) atoms. The SMILES string of the molecule is CN(C)c1cc(C(=O)NCCCc2c[nH]c3ccccc23)ccn1. The normalized spacial score (nSPS) is 10.8. The van der Waals surface area contributed by atoms with Crippen molar-refractivity contribution in [2.75, 3.05) is 25.5 Å². The quantitative estimate of drug-likeness (QED) is 0.686. The minimum absolute atomic E-state index is 0.0561. The van der Waals surface area contributed by atoms with Gasteiger partial charge in [-0.05, 0) is 36.6 Å². The van der Waals surface area contributed by atoms with Gasteiger partial charge in [-0.15, -0.1) is 0 Å². The van der Waals surface area contributed by atoms with E-state index >= 15 is 0 Å². The number of aromatic nitrogens is 2. The smallest absolute Gasteiger partial charge is 0.251 e. The van der Waals surface area contributed by atoms with Gasteiger partial charge in [-0.2, -0.15) is 0 Å². The third-order valence-corrected chi connectivity index (χ3v) is 4.05. The Bertz CT molecular complexity index is 838. The van der Waals surface area contributed by atoms with Crippen molar-refractivity contribution >= 4 is 22.6 Å². The highest BCUT2D eigenvalue weighted by molar-refractivity contribution is 5.94. The van der Waals surface area contributed by atoms with Gasteiger partial charge in [0.1, 0.15) is 5.82 Å². The lowest BCUT2D eigenvalue weighted by atomic mass is 10.1. The van der Waals surface area contributed by atoms with Crippen molar-refractivity contribution in [3.63, 3.8) is 0 Å². The Morgan fingerprint density at radius 2 is 2.08 bits per heavy atom. The molecule has 5 heteroatoms. The number of aryl methyl sites for hydroxylation is 1. The largest absolute Gasteiger partial charge is 0.363 e. The molecule has 3 rings (SSSR count). The van der Waals surface area contributed by atoms with Crippen LogP contribution >= 0.6 is 0 Å². The van der Waals surface area contributed by atoms with Crippen molar-refractivity contribution in [3.05, 3.63) is 59.9 Å². The van der Waals surface area contributed by atoms with Crippen molar-refractivity contribution in [2.45, 2.75) is 12.8 Å². The van der Waals surface area contributed by atoms with Crippen molar-refractivity contribution in [1.29, 1.82) is 0 Å². The topological polar surface area (TPSA) is 61.0 Å². The van der Waals surface area contributed by atoms with E-state index in [1.807, 2.05) is 31.1 Å². The number of anilines is 1. The molecule has 2 N–H and O–H groups in total. The molecule has 0 atom stereocenters. The first-order chi connectivity index (χ1) is 11.6. The molecule has 0 saturated carbocycles. The van der Waals surface area contributed by atoms with E-state index in [-0.39, 0.29) is 5.91 Å². The molecule has 1 aromatic carbocycles. The molecular weight excluding hydrogens is 300 g/mol. The molecule has 3 aromatic rings. The molecule has 2 aromatic heterocycles. The lowest BCUT2D eigenvalue weighted by Gasteiger charge is -2.12. The monoisotopic (exact) mass is 322 g/mol. The van der Waals surface area contributed by atoms with Gasteiger partial charge in [0.25, 0.3) is 5.91 Å². The molecular formula is C19H22N4O. The van der Waals surface area contributed by atoms with Crippen molar-refractivity contribution in [1.82, 2.24) is 15.3 Å². The summed E-state index contributed by atoms with van der Waals surface area (Å²) in [6.07, 6.45) is 5.55. The highest BCUT2D eigenvalue weighted by Crippen LogP contribution is 2.18. The summed E-state index contributed by atoms with van der Waals surface area (Å²) >= 11 is 0. The van der Waals surface area contributed by atoms with E-state index in [4.69, 9.17) is 0 Å². The van der Waals surface area contributed by atoms with Gasteiger partial charge in [0.2, 0.25) is 0 Å². The predicted octanol–water partition coefficient (Wildman–Crippen LogP) is 2.99. The summed E-state index contributed by atoms with van der Waals surface area (Å²) < 4.78 is 0. The second kappa shape index (κ2) is 7.17. The summed E-state index contributed by atoms with van der Waals surface area (Å²) in [5, 5.41) is 4.24. The lowest BCUT2D eigenvalue weighted by molar-refractivity contribution is 0.0953. The summed E-state index contributed by atoms with van der Waals surface area (Å²) in [5.74, 6) is 0.723. The molecule has 0 radical (unpaired) electrons. The number of rotatable bonds is 6. The van der Waals surface area contributed by atoms with Crippen molar-refractivity contribution in [3.8, 4) is 0 Å². The third kappa shape index (κ3) is 3.56. The van der Waals surface area contributed by atoms with Crippen LogP contribution in [-0.2, 0) is 6.42 Å². The number of nitrogens with one attached hydrogen (secondary N) is 2. The Morgan fingerprint density at radius 3 is 2.92 bits per heavy atom. The van der Waals surface area contributed by atoms with E-state index < -0.39 is 0 Å². The number of pyridine rings is 1. The van der Waals surface area contributed by atoms with E-state index in [1.165, 1.54) is 10.9 Å². The molecule has 0 aliphatic rings. The highest BCUT2D eigenvalue weighted by Gasteiger charge is 2.08. The fourth-order valence-corrected chi connectivity index (χ4v) is 2.73. The predicted molar refractivity (Wildman–Crippen MR) is 97.5 cm³/mol. The van der Waals surface area contributed by atoms with Crippen molar-refractivity contribution in [2.24, 2.45) is 0 Å². The van der Waals surface area contributed by atoms with Crippen LogP contribution in [0.2, 0.25) is 0 Å². The summed E-state index contributed by atoms with van der Waals surface area (Å²) in [6.45, 7) is 0.651. The van der Waals surface area contributed by atoms with Crippen LogP contribution in [0.5, 0.6) is 0 Å². The number of amides is 1. The maximum atomic E-state index is 12.2. The van der Waals surface area contributed by atoms with Gasteiger partial charge in [0.15, 0.2) is 0 Å². The Hall–Kier alpha value is -2.82. The molecule has 0 aliphatic carbocycles. The maximum absolute atomic E-state index is 12.2. The number of benzene rings is 1. The standard InChI is InChI=1S/C19H22N4O/c1-23(2)18-12-14(9-11-20-18)19(24)21-10-5-6-15-13-22-17-8-4-3-7-16(15)17/h3-4,7-9,11-13,22H,5-6,10H2,1-2H3,(H,21,24). The second-order valence-corrected chi connectivity index (χ2v) is 6.02. The molecule has 0 spiro atoms. The number of fused-ring (bicyclic) bond motifs is 1. The van der Waals surface area contributed by atoms with E-state index in [2.05, 4.69) is 33.6 Å². The van der Waals surface area contributed by atoms with Crippen LogP contribution in [0, 0.1) is 0 Å². The fourth-order valence-electron chi connectivity index (χ4n) is 2.73. The number of H-pyrrole nitrogens is 1. The first-order valence-corrected chi connectivity index (χ1v) is 8.12. The van der Waals surface area contributed by atoms with E-state index in [9.17, 15) is 4.79 Å². The molecule has 0 bridgehead atoms. The number of hydrogen-bond donors (Lipinski definition) is 2. The van der Waals surface area contributed by atoms with Gasteiger partial charge < -0.3 is 15.2 Å². The molecule has 2 heterocycles. The first kappa shape index (κ1) is 16.1. The molecule has 0 aliphatic heterocycles. The van der Waals surface area contributed by atoms with E-state index in [1.54, 1.807) is 18.3 Å². The zero-order valence-corrected chi connectivity index (χ0v) is 14.0. The van der Waals surface area contributed by atoms with Crippen LogP contribution in [0.25, 0.3) is 10.9 Å². The summed E-state index contributed by atoms with van der Waals surface area (Å²) in [7, 11) is 3.82. The Morgan fingerprint density at radius 1 is 1.25 bits per heavy atom. The lowest BCUT2D eigenvalue weighted by Crippen LogP contribution is -2.25. The Labute approximate surface area is 141 Å². The summed E-state index contributed by atoms with van der Waals surface area (Å²) in [4.78, 5) is 21.6. The molecule has 0 fully saturated rings. The van der Waals surface area contributed by atoms with Crippen molar-refractivity contribution < 1.29 is 4.79 Å². The molecule has 0 saturated heterocycles. The first-order valence-electron chi connectivity index (χ1n) is 8.12. The van der Waals surface area contributed by atoms with Crippen LogP contribution in [0.3, 0.4) is 0 Å². The average Bonchev–Trinajstić information content (AvgIpc) is 3.02.